The van der Waals surface area contributed by atoms with Crippen molar-refractivity contribution in [2.24, 2.45) is 11.1 Å². The van der Waals surface area contributed by atoms with E-state index < -0.39 is 5.72 Å². The summed E-state index contributed by atoms with van der Waals surface area (Å²) in [6, 6.07) is 0. The molecule has 0 rings (SSSR count). The molecule has 0 amide bonds. The lowest BCUT2D eigenvalue weighted by atomic mass is 9.77. The molecule has 22 heavy (non-hydrogen) atoms. The zero-order valence-electron chi connectivity index (χ0n) is 15.8. The third-order valence-electron chi connectivity index (χ3n) is 4.29. The lowest BCUT2D eigenvalue weighted by molar-refractivity contribution is -0.154. The Bertz CT molecular complexity index is 373. The Morgan fingerprint density at radius 3 is 1.82 bits per heavy atom. The molecule has 0 aliphatic heterocycles. The van der Waals surface area contributed by atoms with Gasteiger partial charge in [-0.25, -0.2) is 4.79 Å². The van der Waals surface area contributed by atoms with E-state index >= 15 is 0 Å². The van der Waals surface area contributed by atoms with E-state index in [2.05, 4.69) is 34.6 Å². The molecule has 3 nitrogen and oxygen atoms in total. The third kappa shape index (κ3) is 6.51. The van der Waals surface area contributed by atoms with Crippen LogP contribution in [0.5, 0.6) is 0 Å². The van der Waals surface area contributed by atoms with Crippen molar-refractivity contribution >= 4 is 5.97 Å². The van der Waals surface area contributed by atoms with Gasteiger partial charge in [-0.05, 0) is 31.6 Å². The summed E-state index contributed by atoms with van der Waals surface area (Å²) in [5, 5.41) is 0. The largest absolute Gasteiger partial charge is 0.441 e. The van der Waals surface area contributed by atoms with Gasteiger partial charge in [0.2, 0.25) is 0 Å². The second-order valence-corrected chi connectivity index (χ2v) is 7.17. The molecule has 1 unspecified atom stereocenters. The van der Waals surface area contributed by atoms with E-state index in [1.807, 2.05) is 6.92 Å². The van der Waals surface area contributed by atoms with E-state index in [-0.39, 0.29) is 11.4 Å². The molecule has 0 aromatic rings. The highest BCUT2D eigenvalue weighted by atomic mass is 16.6. The molecule has 3 heteroatoms. The fourth-order valence-corrected chi connectivity index (χ4v) is 2.86. The van der Waals surface area contributed by atoms with Gasteiger partial charge in [0.1, 0.15) is 0 Å². The maximum Gasteiger partial charge on any atom is 0.336 e. The van der Waals surface area contributed by atoms with Gasteiger partial charge in [0.05, 0.1) is 0 Å². The van der Waals surface area contributed by atoms with Crippen LogP contribution < -0.4 is 5.73 Å². The van der Waals surface area contributed by atoms with E-state index in [1.54, 1.807) is 6.92 Å². The van der Waals surface area contributed by atoms with Gasteiger partial charge in [-0.15, -0.1) is 0 Å². The molecule has 1 atom stereocenters. The Morgan fingerprint density at radius 2 is 1.45 bits per heavy atom. The summed E-state index contributed by atoms with van der Waals surface area (Å²) >= 11 is 0. The van der Waals surface area contributed by atoms with Gasteiger partial charge in [0, 0.05) is 12.0 Å². The van der Waals surface area contributed by atoms with E-state index in [9.17, 15) is 4.79 Å². The van der Waals surface area contributed by atoms with Crippen LogP contribution in [0.1, 0.15) is 93.4 Å². The summed E-state index contributed by atoms with van der Waals surface area (Å²) in [5.41, 5.74) is 7.16. The van der Waals surface area contributed by atoms with Gasteiger partial charge in [-0.2, -0.15) is 0 Å². The van der Waals surface area contributed by atoms with Crippen LogP contribution in [0.4, 0.5) is 0 Å². The third-order valence-corrected chi connectivity index (χ3v) is 4.29. The Labute approximate surface area is 137 Å². The first kappa shape index (κ1) is 21.2. The van der Waals surface area contributed by atoms with Gasteiger partial charge in [0.25, 0.3) is 0 Å². The predicted octanol–water partition coefficient (Wildman–Crippen LogP) is 5.34. The van der Waals surface area contributed by atoms with Crippen molar-refractivity contribution < 1.29 is 9.53 Å². The predicted molar refractivity (Wildman–Crippen MR) is 94.5 cm³/mol. The van der Waals surface area contributed by atoms with Crippen molar-refractivity contribution in [2.75, 3.05) is 0 Å². The van der Waals surface area contributed by atoms with Crippen molar-refractivity contribution in [2.45, 2.75) is 99.1 Å². The number of allylic oxidation sites excluding steroid dienone is 1. The molecule has 0 bridgehead atoms. The van der Waals surface area contributed by atoms with Crippen molar-refractivity contribution in [3.8, 4) is 0 Å². The number of esters is 1. The number of nitrogens with two attached hydrogens (primary N) is 1. The first-order valence-electron chi connectivity index (χ1n) is 8.89. The summed E-state index contributed by atoms with van der Waals surface area (Å²) in [6.07, 6.45) is 6.47. The Kier molecular flexibility index (Phi) is 8.99. The van der Waals surface area contributed by atoms with Crippen LogP contribution in [0.25, 0.3) is 0 Å². The molecule has 0 aliphatic carbocycles. The zero-order chi connectivity index (χ0) is 17.4. The summed E-state index contributed by atoms with van der Waals surface area (Å²) in [4.78, 5) is 12.9. The minimum Gasteiger partial charge on any atom is -0.441 e. The van der Waals surface area contributed by atoms with Gasteiger partial charge < -0.3 is 4.74 Å². The first-order chi connectivity index (χ1) is 10.1. The molecule has 0 aromatic carbocycles. The highest BCUT2D eigenvalue weighted by Crippen LogP contribution is 2.37. The van der Waals surface area contributed by atoms with Crippen LogP contribution in [0.3, 0.4) is 0 Å². The van der Waals surface area contributed by atoms with Crippen LogP contribution in [0, 0.1) is 5.41 Å². The van der Waals surface area contributed by atoms with Crippen LogP contribution in [0.2, 0.25) is 0 Å². The average Bonchev–Trinajstić information content (AvgIpc) is 2.38. The number of carbonyl (C=O) groups excluding carboxylic acids is 1. The summed E-state index contributed by atoms with van der Waals surface area (Å²) < 4.78 is 5.68. The van der Waals surface area contributed by atoms with Crippen LogP contribution in [0.15, 0.2) is 11.1 Å². The highest BCUT2D eigenvalue weighted by molar-refractivity contribution is 5.91. The standard InChI is InChI=1S/C19H37NO2/c1-8-12-15(13-9-2)16(18(5,6)11-4)17(21)22-19(7,20)14-10-3/h8-14,20H2,1-7H3. The Morgan fingerprint density at radius 1 is 0.955 bits per heavy atom. The molecule has 130 valence electrons. The number of ether oxygens (including phenoxy) is 1. The van der Waals surface area contributed by atoms with Crippen molar-refractivity contribution in [1.82, 2.24) is 0 Å². The second kappa shape index (κ2) is 9.34. The summed E-state index contributed by atoms with van der Waals surface area (Å²) in [7, 11) is 0. The van der Waals surface area contributed by atoms with E-state index in [4.69, 9.17) is 10.5 Å². The highest BCUT2D eigenvalue weighted by Gasteiger charge is 2.34. The van der Waals surface area contributed by atoms with Crippen molar-refractivity contribution in [3.05, 3.63) is 11.1 Å². The zero-order valence-corrected chi connectivity index (χ0v) is 15.8. The first-order valence-corrected chi connectivity index (χ1v) is 8.89. The lowest BCUT2D eigenvalue weighted by Gasteiger charge is -2.32. The molecular formula is C19H37NO2. The maximum atomic E-state index is 12.9. The Hall–Kier alpha value is -0.830. The molecule has 0 saturated heterocycles. The Balaban J connectivity index is 5.67. The molecule has 0 fully saturated rings. The average molecular weight is 312 g/mol. The number of hydrogen-bond acceptors (Lipinski definition) is 3. The second-order valence-electron chi connectivity index (χ2n) is 7.17. The minimum absolute atomic E-state index is 0.181. The fourth-order valence-electron chi connectivity index (χ4n) is 2.86. The molecule has 0 spiro atoms. The molecule has 2 N–H and O–H groups in total. The van der Waals surface area contributed by atoms with E-state index in [0.717, 1.165) is 44.1 Å². The summed E-state index contributed by atoms with van der Waals surface area (Å²) in [5.74, 6) is -0.220. The maximum absolute atomic E-state index is 12.9. The van der Waals surface area contributed by atoms with E-state index in [0.29, 0.717) is 6.42 Å². The fraction of sp³-hybridized carbons (Fsp3) is 0.842. The normalized spacial score (nSPS) is 14.4. The van der Waals surface area contributed by atoms with E-state index in [1.165, 1.54) is 5.57 Å². The quantitative estimate of drug-likeness (QED) is 0.337. The number of rotatable bonds is 10. The van der Waals surface area contributed by atoms with Crippen molar-refractivity contribution in [1.29, 1.82) is 0 Å². The van der Waals surface area contributed by atoms with Crippen molar-refractivity contribution in [3.63, 3.8) is 0 Å². The number of hydrogen-bond donors (Lipinski definition) is 1. The lowest BCUT2D eigenvalue weighted by Crippen LogP contribution is -2.42. The van der Waals surface area contributed by atoms with Gasteiger partial charge >= 0.3 is 5.97 Å². The molecule has 0 radical (unpaired) electrons. The topological polar surface area (TPSA) is 52.3 Å². The molecule has 0 aromatic heterocycles. The van der Waals surface area contributed by atoms with Crippen LogP contribution in [-0.2, 0) is 9.53 Å². The smallest absolute Gasteiger partial charge is 0.336 e. The summed E-state index contributed by atoms with van der Waals surface area (Å²) in [6.45, 7) is 14.5. The van der Waals surface area contributed by atoms with Gasteiger partial charge in [-0.3, -0.25) is 5.73 Å². The van der Waals surface area contributed by atoms with Crippen LogP contribution in [-0.4, -0.2) is 11.7 Å². The van der Waals surface area contributed by atoms with Crippen LogP contribution >= 0.6 is 0 Å². The minimum atomic E-state index is -0.884. The van der Waals surface area contributed by atoms with Gasteiger partial charge in [-0.1, -0.05) is 66.4 Å². The van der Waals surface area contributed by atoms with Gasteiger partial charge in [0.15, 0.2) is 5.72 Å². The SMILES string of the molecule is CCCC(CCC)=C(C(=O)OC(C)(N)CCC)C(C)(C)CC. The molecule has 0 aliphatic rings. The number of carbonyl (C=O) groups is 1. The molecular weight excluding hydrogens is 274 g/mol. The molecule has 0 saturated carbocycles. The molecule has 0 heterocycles. The monoisotopic (exact) mass is 311 g/mol.